The number of carbonyl (C=O) groups excluding carboxylic acids is 3. The molecule has 0 fully saturated rings. The van der Waals surface area contributed by atoms with Crippen LogP contribution >= 0.6 is 0 Å². The second kappa shape index (κ2) is 9.55. The first-order chi connectivity index (χ1) is 18.5. The summed E-state index contributed by atoms with van der Waals surface area (Å²) in [6.45, 7) is 2.46. The van der Waals surface area contributed by atoms with Crippen LogP contribution in [0.25, 0.3) is 11.0 Å². The molecule has 0 saturated heterocycles. The molecule has 1 aromatic heterocycles. The van der Waals surface area contributed by atoms with Crippen LogP contribution < -0.4 is 19.7 Å². The highest BCUT2D eigenvalue weighted by atomic mass is 16.7. The number of rotatable bonds is 7. The first kappa shape index (κ1) is 23.5. The maximum absolute atomic E-state index is 13.7. The number of hydrogen-bond donors (Lipinski definition) is 1. The van der Waals surface area contributed by atoms with Crippen molar-refractivity contribution in [3.8, 4) is 11.5 Å². The van der Waals surface area contributed by atoms with Crippen LogP contribution in [-0.2, 0) is 20.9 Å². The van der Waals surface area contributed by atoms with Crippen LogP contribution in [0, 0.1) is 0 Å². The summed E-state index contributed by atoms with van der Waals surface area (Å²) in [5.41, 5.74) is 3.28. The molecule has 0 saturated carbocycles. The summed E-state index contributed by atoms with van der Waals surface area (Å²) < 4.78 is 17.7. The maximum Gasteiger partial charge on any atom is 0.338 e. The average molecular weight is 513 g/mol. The lowest BCUT2D eigenvalue weighted by Gasteiger charge is -2.16. The van der Waals surface area contributed by atoms with Crippen molar-refractivity contribution in [2.24, 2.45) is 0 Å². The van der Waals surface area contributed by atoms with Gasteiger partial charge >= 0.3 is 5.97 Å². The molecular weight excluding hydrogens is 488 g/mol. The summed E-state index contributed by atoms with van der Waals surface area (Å²) in [5, 5.41) is 2.83. The van der Waals surface area contributed by atoms with Gasteiger partial charge in [0, 0.05) is 5.69 Å². The van der Waals surface area contributed by atoms with Crippen LogP contribution in [0.3, 0.4) is 0 Å². The van der Waals surface area contributed by atoms with Crippen molar-refractivity contribution < 1.29 is 28.6 Å². The molecule has 38 heavy (non-hydrogen) atoms. The molecule has 2 aliphatic heterocycles. The van der Waals surface area contributed by atoms with Crippen LogP contribution in [0.15, 0.2) is 66.7 Å². The Labute approximate surface area is 217 Å². The number of anilines is 2. The molecule has 2 amide bonds. The lowest BCUT2D eigenvalue weighted by atomic mass is 10.1. The van der Waals surface area contributed by atoms with Gasteiger partial charge in [0.05, 0.1) is 36.2 Å². The Morgan fingerprint density at radius 3 is 2.66 bits per heavy atom. The lowest BCUT2D eigenvalue weighted by molar-refractivity contribution is -0.124. The molecule has 0 spiro atoms. The Kier molecular flexibility index (Phi) is 5.91. The standard InChI is InChI=1S/C28H24N4O6/c1-2-36-27(35)18-8-10-19(11-9-18)29-25(33)14-22-26(34)31(15-17-7-12-23-24(13-17)38-16-37-23)28-30-20-5-3-4-6-21(20)32(22)28/h3-13,22H,2,14-16H2,1H3,(H,29,33)/t22-/m1/s1. The summed E-state index contributed by atoms with van der Waals surface area (Å²) in [6, 6.07) is 18.8. The van der Waals surface area contributed by atoms with Crippen molar-refractivity contribution >= 4 is 40.5 Å². The first-order valence-electron chi connectivity index (χ1n) is 12.3. The summed E-state index contributed by atoms with van der Waals surface area (Å²) in [4.78, 5) is 44.9. The average Bonchev–Trinajstić information content (AvgIpc) is 3.60. The molecular formula is C28H24N4O6. The van der Waals surface area contributed by atoms with E-state index in [-0.39, 0.29) is 38.2 Å². The molecule has 1 atom stereocenters. The highest BCUT2D eigenvalue weighted by molar-refractivity contribution is 6.05. The number of benzene rings is 3. The molecule has 0 aliphatic carbocycles. The van der Waals surface area contributed by atoms with E-state index in [9.17, 15) is 14.4 Å². The zero-order valence-corrected chi connectivity index (χ0v) is 20.5. The van der Waals surface area contributed by atoms with Gasteiger partial charge in [0.1, 0.15) is 6.04 Å². The molecule has 4 aromatic rings. The Bertz CT molecular complexity index is 1560. The number of carbonyl (C=O) groups is 3. The third-order valence-corrected chi connectivity index (χ3v) is 6.52. The Morgan fingerprint density at radius 2 is 1.84 bits per heavy atom. The molecule has 10 nitrogen and oxygen atoms in total. The SMILES string of the molecule is CCOC(=O)c1ccc(NC(=O)C[C@@H]2C(=O)N(Cc3ccc4c(c3)OCO4)c3nc4ccccc4n32)cc1. The molecule has 0 radical (unpaired) electrons. The largest absolute Gasteiger partial charge is 0.462 e. The van der Waals surface area contributed by atoms with Crippen molar-refractivity contribution in [3.63, 3.8) is 0 Å². The number of aromatic nitrogens is 2. The van der Waals surface area contributed by atoms with Gasteiger partial charge in [-0.15, -0.1) is 0 Å². The molecule has 192 valence electrons. The number of nitrogens with zero attached hydrogens (tertiary/aromatic N) is 3. The smallest absolute Gasteiger partial charge is 0.338 e. The number of imidazole rings is 1. The lowest BCUT2D eigenvalue weighted by Crippen LogP contribution is -2.31. The van der Waals surface area contributed by atoms with Crippen molar-refractivity contribution in [2.45, 2.75) is 25.9 Å². The van der Waals surface area contributed by atoms with Crippen LogP contribution in [0.4, 0.5) is 11.6 Å². The normalized spacial score (nSPS) is 15.6. The van der Waals surface area contributed by atoms with Gasteiger partial charge in [-0.1, -0.05) is 18.2 Å². The molecule has 0 unspecified atom stereocenters. The monoisotopic (exact) mass is 512 g/mol. The van der Waals surface area contributed by atoms with E-state index in [1.165, 1.54) is 0 Å². The van der Waals surface area contributed by atoms with Gasteiger partial charge in [0.25, 0.3) is 5.91 Å². The maximum atomic E-state index is 13.7. The number of fused-ring (bicyclic) bond motifs is 4. The topological polar surface area (TPSA) is 112 Å². The van der Waals surface area contributed by atoms with E-state index >= 15 is 0 Å². The van der Waals surface area contributed by atoms with E-state index in [1.807, 2.05) is 47.0 Å². The highest BCUT2D eigenvalue weighted by Gasteiger charge is 2.41. The van der Waals surface area contributed by atoms with Gasteiger partial charge in [-0.3, -0.25) is 19.1 Å². The fourth-order valence-corrected chi connectivity index (χ4v) is 4.76. The summed E-state index contributed by atoms with van der Waals surface area (Å²) in [5.74, 6) is 0.810. The Morgan fingerprint density at radius 1 is 1.05 bits per heavy atom. The Balaban J connectivity index is 1.24. The minimum atomic E-state index is -0.759. The van der Waals surface area contributed by atoms with Crippen molar-refractivity contribution in [1.29, 1.82) is 0 Å². The van der Waals surface area contributed by atoms with E-state index in [2.05, 4.69) is 5.32 Å². The highest BCUT2D eigenvalue weighted by Crippen LogP contribution is 2.39. The quantitative estimate of drug-likeness (QED) is 0.372. The minimum absolute atomic E-state index is 0.0799. The molecule has 3 aromatic carbocycles. The summed E-state index contributed by atoms with van der Waals surface area (Å²) in [7, 11) is 0. The third kappa shape index (κ3) is 4.19. The number of amides is 2. The number of esters is 1. The van der Waals surface area contributed by atoms with Gasteiger partial charge in [0.15, 0.2) is 11.5 Å². The van der Waals surface area contributed by atoms with Crippen LogP contribution in [0.2, 0.25) is 0 Å². The van der Waals surface area contributed by atoms with Gasteiger partial charge in [-0.25, -0.2) is 9.78 Å². The van der Waals surface area contributed by atoms with Gasteiger partial charge < -0.3 is 19.5 Å². The molecule has 10 heteroatoms. The molecule has 1 N–H and O–H groups in total. The van der Waals surface area contributed by atoms with Crippen LogP contribution in [-0.4, -0.2) is 40.7 Å². The van der Waals surface area contributed by atoms with E-state index < -0.39 is 12.0 Å². The second-order valence-corrected chi connectivity index (χ2v) is 8.95. The number of hydrogen-bond acceptors (Lipinski definition) is 7. The fraction of sp³-hybridized carbons (Fsp3) is 0.214. The van der Waals surface area contributed by atoms with E-state index in [4.69, 9.17) is 19.2 Å². The van der Waals surface area contributed by atoms with Crippen molar-refractivity contribution in [1.82, 2.24) is 9.55 Å². The zero-order chi connectivity index (χ0) is 26.2. The summed E-state index contributed by atoms with van der Waals surface area (Å²) in [6.07, 6.45) is -0.0799. The van der Waals surface area contributed by atoms with Crippen LogP contribution in [0.1, 0.15) is 35.3 Å². The fourth-order valence-electron chi connectivity index (χ4n) is 4.76. The summed E-state index contributed by atoms with van der Waals surface area (Å²) >= 11 is 0. The predicted octanol–water partition coefficient (Wildman–Crippen LogP) is 4.06. The zero-order valence-electron chi connectivity index (χ0n) is 20.5. The van der Waals surface area contributed by atoms with Crippen molar-refractivity contribution in [3.05, 3.63) is 77.9 Å². The molecule has 3 heterocycles. The van der Waals surface area contributed by atoms with Crippen LogP contribution in [0.5, 0.6) is 11.5 Å². The number of ether oxygens (including phenoxy) is 3. The number of para-hydroxylation sites is 2. The van der Waals surface area contributed by atoms with Gasteiger partial charge in [-0.05, 0) is 61.0 Å². The first-order valence-corrected chi connectivity index (χ1v) is 12.3. The van der Waals surface area contributed by atoms with E-state index in [0.29, 0.717) is 28.7 Å². The van der Waals surface area contributed by atoms with E-state index in [1.54, 1.807) is 36.1 Å². The van der Waals surface area contributed by atoms with Crippen molar-refractivity contribution in [2.75, 3.05) is 23.6 Å². The molecule has 6 rings (SSSR count). The number of nitrogens with one attached hydrogen (secondary N) is 1. The predicted molar refractivity (Wildman–Crippen MR) is 138 cm³/mol. The second-order valence-electron chi connectivity index (χ2n) is 8.95. The molecule has 0 bridgehead atoms. The van der Waals surface area contributed by atoms with Gasteiger partial charge in [-0.2, -0.15) is 0 Å². The van der Waals surface area contributed by atoms with Gasteiger partial charge in [0.2, 0.25) is 18.6 Å². The molecule has 2 aliphatic rings. The third-order valence-electron chi connectivity index (χ3n) is 6.52. The Hall–Kier alpha value is -4.86. The van der Waals surface area contributed by atoms with E-state index in [0.717, 1.165) is 16.6 Å². The minimum Gasteiger partial charge on any atom is -0.462 e.